The fourth-order valence-corrected chi connectivity index (χ4v) is 2.64. The van der Waals surface area contributed by atoms with Crippen LogP contribution in [0.15, 0.2) is 34.9 Å². The summed E-state index contributed by atoms with van der Waals surface area (Å²) in [7, 11) is 0. The Labute approximate surface area is 157 Å². The zero-order chi connectivity index (χ0) is 17.8. The van der Waals surface area contributed by atoms with Crippen molar-refractivity contribution in [3.8, 4) is 0 Å². The molecule has 0 bridgehead atoms. The predicted octanol–water partition coefficient (Wildman–Crippen LogP) is 2.19. The Morgan fingerprint density at radius 1 is 1.19 bits per heavy atom. The fraction of sp³-hybridized carbons (Fsp3) is 0.333. The molecule has 0 radical (unpaired) electrons. The molecule has 1 aliphatic rings. The van der Waals surface area contributed by atoms with Gasteiger partial charge in [-0.2, -0.15) is 0 Å². The first-order valence-electron chi connectivity index (χ1n) is 8.15. The number of nitrogens with one attached hydrogen (secondary N) is 1. The maximum atomic E-state index is 12.6. The minimum Gasteiger partial charge on any atom is -0.467 e. The minimum atomic E-state index is -0.303. The lowest BCUT2D eigenvalue weighted by Crippen LogP contribution is -2.40. The van der Waals surface area contributed by atoms with Crippen LogP contribution >= 0.6 is 12.4 Å². The number of hydrogen-bond acceptors (Lipinski definition) is 5. The number of furan rings is 1. The Morgan fingerprint density at radius 3 is 2.58 bits per heavy atom. The van der Waals surface area contributed by atoms with Gasteiger partial charge in [-0.3, -0.25) is 9.59 Å². The molecule has 1 aromatic heterocycles. The van der Waals surface area contributed by atoms with Crippen molar-refractivity contribution in [1.82, 2.24) is 4.90 Å². The topological polar surface area (TPSA) is 97.8 Å². The Bertz CT molecular complexity index is 784. The van der Waals surface area contributed by atoms with Gasteiger partial charge in [-0.05, 0) is 30.7 Å². The van der Waals surface area contributed by atoms with E-state index in [0.29, 0.717) is 48.9 Å². The number of amides is 2. The molecule has 3 rings (SSSR count). The van der Waals surface area contributed by atoms with E-state index in [1.807, 2.05) is 13.0 Å². The molecule has 1 fully saturated rings. The van der Waals surface area contributed by atoms with E-state index in [2.05, 4.69) is 5.32 Å². The van der Waals surface area contributed by atoms with Crippen LogP contribution in [0.25, 0.3) is 0 Å². The van der Waals surface area contributed by atoms with Gasteiger partial charge in [0.05, 0.1) is 25.3 Å². The third-order valence-electron chi connectivity index (χ3n) is 4.15. The number of morpholine rings is 1. The van der Waals surface area contributed by atoms with Crippen LogP contribution < -0.4 is 11.1 Å². The molecule has 2 heterocycles. The SMILES string of the molecule is Cc1ccc(C(=O)N2CCOCC2)cc1NC(=O)c1coc(CN)c1.Cl. The van der Waals surface area contributed by atoms with Crippen LogP contribution in [0.1, 0.15) is 32.0 Å². The summed E-state index contributed by atoms with van der Waals surface area (Å²) in [4.78, 5) is 26.7. The number of anilines is 1. The molecule has 0 aliphatic carbocycles. The molecular weight excluding hydrogens is 358 g/mol. The van der Waals surface area contributed by atoms with Crippen molar-refractivity contribution in [2.75, 3.05) is 31.6 Å². The standard InChI is InChI=1S/C18H21N3O4.ClH/c1-12-2-3-13(18(23)21-4-6-24-7-5-21)9-16(12)20-17(22)14-8-15(10-19)25-11-14;/h2-3,8-9,11H,4-7,10,19H2,1H3,(H,20,22);1H. The molecule has 1 aliphatic heterocycles. The second-order valence-electron chi connectivity index (χ2n) is 5.89. The number of ether oxygens (including phenoxy) is 1. The smallest absolute Gasteiger partial charge is 0.258 e. The van der Waals surface area contributed by atoms with Crippen molar-refractivity contribution in [2.24, 2.45) is 5.73 Å². The highest BCUT2D eigenvalue weighted by atomic mass is 35.5. The van der Waals surface area contributed by atoms with E-state index in [0.717, 1.165) is 5.56 Å². The summed E-state index contributed by atoms with van der Waals surface area (Å²) in [5.74, 6) is 0.174. The van der Waals surface area contributed by atoms with E-state index in [1.165, 1.54) is 6.26 Å². The highest BCUT2D eigenvalue weighted by Crippen LogP contribution is 2.20. The molecule has 0 atom stereocenters. The average molecular weight is 380 g/mol. The number of carbonyl (C=O) groups is 2. The molecule has 3 N–H and O–H groups in total. The minimum absolute atomic E-state index is 0. The second-order valence-corrected chi connectivity index (χ2v) is 5.89. The number of rotatable bonds is 4. The number of hydrogen-bond donors (Lipinski definition) is 2. The fourth-order valence-electron chi connectivity index (χ4n) is 2.64. The summed E-state index contributed by atoms with van der Waals surface area (Å²) in [6.45, 7) is 4.35. The van der Waals surface area contributed by atoms with E-state index in [9.17, 15) is 9.59 Å². The zero-order valence-corrected chi connectivity index (χ0v) is 15.3. The molecule has 0 saturated carbocycles. The largest absolute Gasteiger partial charge is 0.467 e. The number of carbonyl (C=O) groups excluding carboxylic acids is 2. The molecule has 26 heavy (non-hydrogen) atoms. The van der Waals surface area contributed by atoms with Crippen molar-refractivity contribution in [2.45, 2.75) is 13.5 Å². The third-order valence-corrected chi connectivity index (χ3v) is 4.15. The second kappa shape index (κ2) is 8.84. The maximum Gasteiger partial charge on any atom is 0.258 e. The Morgan fingerprint density at radius 2 is 1.92 bits per heavy atom. The monoisotopic (exact) mass is 379 g/mol. The van der Waals surface area contributed by atoms with Gasteiger partial charge >= 0.3 is 0 Å². The van der Waals surface area contributed by atoms with Gasteiger partial charge in [0.15, 0.2) is 0 Å². The average Bonchev–Trinajstić information content (AvgIpc) is 3.13. The highest BCUT2D eigenvalue weighted by molar-refractivity contribution is 6.05. The molecule has 140 valence electrons. The normalized spacial score (nSPS) is 13.8. The summed E-state index contributed by atoms with van der Waals surface area (Å²) in [5, 5.41) is 2.83. The molecule has 7 nitrogen and oxygen atoms in total. The van der Waals surface area contributed by atoms with Crippen molar-refractivity contribution in [3.63, 3.8) is 0 Å². The van der Waals surface area contributed by atoms with Gasteiger partial charge in [-0.25, -0.2) is 0 Å². The molecule has 2 aromatic rings. The Kier molecular flexibility index (Phi) is 6.79. The summed E-state index contributed by atoms with van der Waals surface area (Å²) in [6.07, 6.45) is 1.37. The highest BCUT2D eigenvalue weighted by Gasteiger charge is 2.20. The number of benzene rings is 1. The van der Waals surface area contributed by atoms with E-state index in [-0.39, 0.29) is 30.8 Å². The summed E-state index contributed by atoms with van der Waals surface area (Å²) in [6, 6.07) is 6.90. The first-order chi connectivity index (χ1) is 12.1. The van der Waals surface area contributed by atoms with E-state index < -0.39 is 0 Å². The van der Waals surface area contributed by atoms with Gasteiger partial charge in [-0.15, -0.1) is 12.4 Å². The number of nitrogens with two attached hydrogens (primary N) is 1. The van der Waals surface area contributed by atoms with Crippen LogP contribution in [0.5, 0.6) is 0 Å². The van der Waals surface area contributed by atoms with Crippen LogP contribution in [0, 0.1) is 6.92 Å². The Balaban J connectivity index is 0.00000243. The van der Waals surface area contributed by atoms with Crippen LogP contribution in [-0.4, -0.2) is 43.0 Å². The number of aryl methyl sites for hydroxylation is 1. The lowest BCUT2D eigenvalue weighted by Gasteiger charge is -2.27. The van der Waals surface area contributed by atoms with Crippen molar-refractivity contribution >= 4 is 29.9 Å². The van der Waals surface area contributed by atoms with Crippen LogP contribution in [-0.2, 0) is 11.3 Å². The van der Waals surface area contributed by atoms with Crippen molar-refractivity contribution in [3.05, 3.63) is 53.0 Å². The van der Waals surface area contributed by atoms with Gasteiger partial charge in [0.25, 0.3) is 11.8 Å². The molecule has 2 amide bonds. The van der Waals surface area contributed by atoms with Crippen LogP contribution in [0.2, 0.25) is 0 Å². The van der Waals surface area contributed by atoms with Gasteiger partial charge in [0, 0.05) is 24.3 Å². The summed E-state index contributed by atoms with van der Waals surface area (Å²) < 4.78 is 10.5. The van der Waals surface area contributed by atoms with Crippen LogP contribution in [0.3, 0.4) is 0 Å². The lowest BCUT2D eigenvalue weighted by molar-refractivity contribution is 0.0303. The molecule has 1 aromatic carbocycles. The summed E-state index contributed by atoms with van der Waals surface area (Å²) in [5.41, 5.74) is 7.89. The van der Waals surface area contributed by atoms with Crippen molar-refractivity contribution in [1.29, 1.82) is 0 Å². The molecular formula is C18H22ClN3O4. The first kappa shape index (κ1) is 20.0. The summed E-state index contributed by atoms with van der Waals surface area (Å²) >= 11 is 0. The van der Waals surface area contributed by atoms with Crippen LogP contribution in [0.4, 0.5) is 5.69 Å². The quantitative estimate of drug-likeness (QED) is 0.848. The first-order valence-corrected chi connectivity index (χ1v) is 8.15. The molecule has 0 unspecified atom stereocenters. The molecule has 1 saturated heterocycles. The lowest BCUT2D eigenvalue weighted by atomic mass is 10.1. The Hall–Kier alpha value is -2.35. The molecule has 0 spiro atoms. The van der Waals surface area contributed by atoms with E-state index in [4.69, 9.17) is 14.9 Å². The third kappa shape index (κ3) is 4.43. The van der Waals surface area contributed by atoms with Gasteiger partial charge in [0.2, 0.25) is 0 Å². The number of halogens is 1. The van der Waals surface area contributed by atoms with Gasteiger partial charge in [-0.1, -0.05) is 6.07 Å². The maximum absolute atomic E-state index is 12.6. The zero-order valence-electron chi connectivity index (χ0n) is 14.5. The van der Waals surface area contributed by atoms with Crippen molar-refractivity contribution < 1.29 is 18.7 Å². The molecule has 8 heteroatoms. The predicted molar refractivity (Wildman–Crippen MR) is 99.7 cm³/mol. The van der Waals surface area contributed by atoms with Gasteiger partial charge in [0.1, 0.15) is 12.0 Å². The van der Waals surface area contributed by atoms with Gasteiger partial charge < -0.3 is 25.1 Å². The van der Waals surface area contributed by atoms with E-state index in [1.54, 1.807) is 23.1 Å². The van der Waals surface area contributed by atoms with E-state index >= 15 is 0 Å². The number of nitrogens with zero attached hydrogens (tertiary/aromatic N) is 1.